The van der Waals surface area contributed by atoms with Crippen LogP contribution in [0.25, 0.3) is 23.0 Å². The van der Waals surface area contributed by atoms with Gasteiger partial charge in [-0.3, -0.25) is 9.80 Å². The monoisotopic (exact) mass is 454 g/mol. The van der Waals surface area contributed by atoms with Crippen molar-refractivity contribution in [2.24, 2.45) is 0 Å². The van der Waals surface area contributed by atoms with Crippen molar-refractivity contribution in [3.63, 3.8) is 0 Å². The molecule has 2 fully saturated rings. The third-order valence-corrected chi connectivity index (χ3v) is 6.42. The van der Waals surface area contributed by atoms with Gasteiger partial charge in [0, 0.05) is 39.0 Å². The molecule has 33 heavy (non-hydrogen) atoms. The second-order valence-corrected chi connectivity index (χ2v) is 8.81. The molecule has 0 radical (unpaired) electrons. The standard InChI is InChI=1S/C26H34N2O5/c1(11-27-13-17-29-18-14-27)3-21-5-7-23(31-21)25-9-10-26(33-25)24-8-6-22(32-24)4-2-12-28-15-19-30-20-16-28/h5-10H,1-4,11-20H2. The minimum absolute atomic E-state index is 0.731. The van der Waals surface area contributed by atoms with E-state index in [1.54, 1.807) is 0 Å². The Morgan fingerprint density at radius 2 is 0.909 bits per heavy atom. The summed E-state index contributed by atoms with van der Waals surface area (Å²) in [5.41, 5.74) is 0. The molecule has 7 nitrogen and oxygen atoms in total. The fourth-order valence-corrected chi connectivity index (χ4v) is 4.50. The van der Waals surface area contributed by atoms with Crippen LogP contribution in [0.15, 0.2) is 49.6 Å². The summed E-state index contributed by atoms with van der Waals surface area (Å²) in [4.78, 5) is 4.90. The molecule has 2 saturated heterocycles. The smallest absolute Gasteiger partial charge is 0.170 e. The summed E-state index contributed by atoms with van der Waals surface area (Å²) in [6, 6.07) is 12.0. The van der Waals surface area contributed by atoms with Crippen molar-refractivity contribution in [1.82, 2.24) is 9.80 Å². The highest BCUT2D eigenvalue weighted by Gasteiger charge is 2.15. The van der Waals surface area contributed by atoms with E-state index >= 15 is 0 Å². The van der Waals surface area contributed by atoms with Gasteiger partial charge in [-0.2, -0.15) is 0 Å². The Balaban J connectivity index is 1.10. The van der Waals surface area contributed by atoms with Crippen LogP contribution < -0.4 is 0 Å². The number of hydrogen-bond donors (Lipinski definition) is 0. The topological polar surface area (TPSA) is 64.4 Å². The zero-order chi connectivity index (χ0) is 22.3. The van der Waals surface area contributed by atoms with Crippen molar-refractivity contribution in [2.75, 3.05) is 65.7 Å². The lowest BCUT2D eigenvalue weighted by Gasteiger charge is -2.26. The number of furan rings is 3. The molecule has 0 atom stereocenters. The number of morpholine rings is 2. The molecule has 0 N–H and O–H groups in total. The van der Waals surface area contributed by atoms with Crippen molar-refractivity contribution in [1.29, 1.82) is 0 Å². The predicted molar refractivity (Wildman–Crippen MR) is 125 cm³/mol. The molecule has 5 heterocycles. The predicted octanol–water partition coefficient (Wildman–Crippen LogP) is 4.33. The highest BCUT2D eigenvalue weighted by molar-refractivity contribution is 5.58. The van der Waals surface area contributed by atoms with Gasteiger partial charge in [0.15, 0.2) is 23.0 Å². The lowest BCUT2D eigenvalue weighted by Crippen LogP contribution is -2.36. The Bertz CT molecular complexity index is 902. The van der Waals surface area contributed by atoms with Gasteiger partial charge in [0.05, 0.1) is 26.4 Å². The first-order valence-corrected chi connectivity index (χ1v) is 12.2. The van der Waals surface area contributed by atoms with E-state index < -0.39 is 0 Å². The van der Waals surface area contributed by atoms with Crippen molar-refractivity contribution >= 4 is 0 Å². The van der Waals surface area contributed by atoms with Gasteiger partial charge in [-0.1, -0.05) is 0 Å². The fourth-order valence-electron chi connectivity index (χ4n) is 4.50. The minimum Gasteiger partial charge on any atom is -0.458 e. The number of rotatable bonds is 10. The number of hydrogen-bond acceptors (Lipinski definition) is 7. The zero-order valence-electron chi connectivity index (χ0n) is 19.3. The molecule has 3 aromatic rings. The molecule has 0 unspecified atom stereocenters. The first-order chi connectivity index (χ1) is 16.3. The molecule has 3 aromatic heterocycles. The lowest BCUT2D eigenvalue weighted by atomic mass is 10.2. The van der Waals surface area contributed by atoms with Crippen LogP contribution in [0, 0.1) is 0 Å². The Labute approximate surface area is 195 Å². The van der Waals surface area contributed by atoms with E-state index in [0.29, 0.717) is 0 Å². The van der Waals surface area contributed by atoms with Crippen LogP contribution in [-0.2, 0) is 22.3 Å². The summed E-state index contributed by atoms with van der Waals surface area (Å²) in [6.07, 6.45) is 4.02. The van der Waals surface area contributed by atoms with Gasteiger partial charge in [-0.15, -0.1) is 0 Å². The lowest BCUT2D eigenvalue weighted by molar-refractivity contribution is 0.0373. The van der Waals surface area contributed by atoms with Gasteiger partial charge in [-0.05, 0) is 62.3 Å². The molecule has 0 spiro atoms. The Kier molecular flexibility index (Phi) is 7.63. The summed E-state index contributed by atoms with van der Waals surface area (Å²) in [5, 5.41) is 0. The highest BCUT2D eigenvalue weighted by atomic mass is 16.5. The summed E-state index contributed by atoms with van der Waals surface area (Å²) < 4.78 is 29.0. The number of aryl methyl sites for hydroxylation is 2. The molecule has 178 valence electrons. The summed E-state index contributed by atoms with van der Waals surface area (Å²) in [5.74, 6) is 4.98. The molecular weight excluding hydrogens is 420 g/mol. The molecule has 7 heteroatoms. The average Bonchev–Trinajstić information content (AvgIpc) is 3.61. The summed E-state index contributed by atoms with van der Waals surface area (Å²) >= 11 is 0. The van der Waals surface area contributed by atoms with Gasteiger partial charge in [-0.25, -0.2) is 0 Å². The quantitative estimate of drug-likeness (QED) is 0.452. The fraction of sp³-hybridized carbons (Fsp3) is 0.538. The first kappa shape index (κ1) is 22.5. The zero-order valence-corrected chi connectivity index (χ0v) is 19.3. The highest BCUT2D eigenvalue weighted by Crippen LogP contribution is 2.31. The molecule has 5 rings (SSSR count). The normalized spacial score (nSPS) is 18.2. The van der Waals surface area contributed by atoms with Crippen molar-refractivity contribution in [3.05, 3.63) is 47.9 Å². The van der Waals surface area contributed by atoms with Crippen LogP contribution >= 0.6 is 0 Å². The Hall–Kier alpha value is -2.32. The third kappa shape index (κ3) is 6.18. The maximum atomic E-state index is 6.05. The molecule has 0 amide bonds. The van der Waals surface area contributed by atoms with Crippen LogP contribution in [0.5, 0.6) is 0 Å². The minimum atomic E-state index is 0.731. The molecule has 2 aliphatic rings. The van der Waals surface area contributed by atoms with E-state index in [1.807, 2.05) is 24.3 Å². The largest absolute Gasteiger partial charge is 0.458 e. The van der Waals surface area contributed by atoms with Crippen molar-refractivity contribution < 1.29 is 22.7 Å². The van der Waals surface area contributed by atoms with Crippen molar-refractivity contribution in [2.45, 2.75) is 25.7 Å². The second-order valence-electron chi connectivity index (χ2n) is 8.81. The maximum Gasteiger partial charge on any atom is 0.170 e. The molecule has 0 aliphatic carbocycles. The Morgan fingerprint density at radius 3 is 1.36 bits per heavy atom. The van der Waals surface area contributed by atoms with E-state index in [9.17, 15) is 0 Å². The van der Waals surface area contributed by atoms with Crippen molar-refractivity contribution in [3.8, 4) is 23.0 Å². The maximum absolute atomic E-state index is 6.05. The van der Waals surface area contributed by atoms with Gasteiger partial charge in [0.2, 0.25) is 0 Å². The van der Waals surface area contributed by atoms with Crippen LogP contribution in [0.2, 0.25) is 0 Å². The van der Waals surface area contributed by atoms with E-state index in [1.165, 1.54) is 0 Å². The van der Waals surface area contributed by atoms with Gasteiger partial charge >= 0.3 is 0 Å². The van der Waals surface area contributed by atoms with Gasteiger partial charge in [0.1, 0.15) is 11.5 Å². The molecular formula is C26H34N2O5. The molecule has 0 bridgehead atoms. The second kappa shape index (κ2) is 11.2. The molecule has 2 aliphatic heterocycles. The van der Waals surface area contributed by atoms with E-state index in [4.69, 9.17) is 22.7 Å². The van der Waals surface area contributed by atoms with Gasteiger partial charge < -0.3 is 22.7 Å². The number of nitrogens with zero attached hydrogens (tertiary/aromatic N) is 2. The summed E-state index contributed by atoms with van der Waals surface area (Å²) in [6.45, 7) is 9.65. The van der Waals surface area contributed by atoms with Crippen LogP contribution in [-0.4, -0.2) is 75.5 Å². The molecule has 0 aromatic carbocycles. The van der Waals surface area contributed by atoms with E-state index in [-0.39, 0.29) is 0 Å². The van der Waals surface area contributed by atoms with Crippen LogP contribution in [0.4, 0.5) is 0 Å². The third-order valence-electron chi connectivity index (χ3n) is 6.42. The average molecular weight is 455 g/mol. The first-order valence-electron chi connectivity index (χ1n) is 12.2. The van der Waals surface area contributed by atoms with E-state index in [0.717, 1.165) is 126 Å². The Morgan fingerprint density at radius 1 is 0.515 bits per heavy atom. The van der Waals surface area contributed by atoms with Gasteiger partial charge in [0.25, 0.3) is 0 Å². The summed E-state index contributed by atoms with van der Waals surface area (Å²) in [7, 11) is 0. The number of ether oxygens (including phenoxy) is 2. The molecule has 0 saturated carbocycles. The SMILES string of the molecule is c1cc(-c2ccc(-c3ccc(CCCN4CCOCC4)o3)o2)oc1CCCN1CCOCC1. The van der Waals surface area contributed by atoms with Crippen LogP contribution in [0.1, 0.15) is 24.4 Å². The van der Waals surface area contributed by atoms with Crippen LogP contribution in [0.3, 0.4) is 0 Å². The van der Waals surface area contributed by atoms with E-state index in [2.05, 4.69) is 21.9 Å².